The van der Waals surface area contributed by atoms with Crippen molar-refractivity contribution >= 4 is 33.3 Å². The third kappa shape index (κ3) is 3.93. The van der Waals surface area contributed by atoms with E-state index in [0.717, 1.165) is 38.8 Å². The molecule has 0 aliphatic heterocycles. The van der Waals surface area contributed by atoms with Gasteiger partial charge in [-0.3, -0.25) is 0 Å². The molecule has 0 amide bonds. The van der Waals surface area contributed by atoms with Gasteiger partial charge in [-0.15, -0.1) is 0 Å². The number of aromatic carboxylic acids is 1. The molecule has 0 saturated heterocycles. The Balaban J connectivity index is 1.59. The summed E-state index contributed by atoms with van der Waals surface area (Å²) in [6.07, 6.45) is 3.59. The first kappa shape index (κ1) is 23.9. The van der Waals surface area contributed by atoms with E-state index in [1.54, 1.807) is 0 Å². The number of rotatable bonds is 7. The quantitative estimate of drug-likeness (QED) is 0.282. The number of hydrogen-bond acceptors (Lipinski definition) is 4. The maximum Gasteiger partial charge on any atom is 0.337 e. The Bertz CT molecular complexity index is 1830. The molecule has 3 aromatic carbocycles. The second-order valence-electron chi connectivity index (χ2n) is 9.64. The van der Waals surface area contributed by atoms with E-state index in [1.807, 2.05) is 88.1 Å². The van der Waals surface area contributed by atoms with Gasteiger partial charge in [-0.1, -0.05) is 54.6 Å². The van der Waals surface area contributed by atoms with Gasteiger partial charge in [0, 0.05) is 35.3 Å². The molecule has 0 fully saturated rings. The molecule has 0 aliphatic rings. The summed E-state index contributed by atoms with van der Waals surface area (Å²) in [5.74, 6) is -0.995. The third-order valence-electron chi connectivity index (χ3n) is 7.20. The maximum atomic E-state index is 12.6. The molecule has 6 rings (SSSR count). The van der Waals surface area contributed by atoms with Crippen LogP contribution in [0.25, 0.3) is 38.6 Å². The van der Waals surface area contributed by atoms with Crippen molar-refractivity contribution in [1.29, 1.82) is 0 Å². The van der Waals surface area contributed by atoms with Gasteiger partial charge in [0.05, 0.1) is 36.2 Å². The number of carbonyl (C=O) groups is 1. The molecule has 1 unspecified atom stereocenters. The van der Waals surface area contributed by atoms with Crippen LogP contribution in [0.15, 0.2) is 85.2 Å². The van der Waals surface area contributed by atoms with Crippen LogP contribution in [0.1, 0.15) is 27.2 Å². The van der Waals surface area contributed by atoms with E-state index in [4.69, 9.17) is 4.98 Å². The maximum absolute atomic E-state index is 12.6. The number of nitrogens with zero attached hydrogens (tertiary/aromatic N) is 3. The van der Waals surface area contributed by atoms with E-state index in [2.05, 4.69) is 13.0 Å². The summed E-state index contributed by atoms with van der Waals surface area (Å²) in [4.78, 5) is 17.5. The third-order valence-corrected chi connectivity index (χ3v) is 7.20. The van der Waals surface area contributed by atoms with Crippen LogP contribution in [-0.4, -0.2) is 48.0 Å². The van der Waals surface area contributed by atoms with Crippen molar-refractivity contribution in [2.45, 2.75) is 26.0 Å². The molecule has 3 heterocycles. The lowest BCUT2D eigenvalue weighted by Gasteiger charge is -2.11. The SMILES string of the molecule is Cc1cccc2c1c(Cc1c(-c3ccc4ccccc4c3C(=O)O)nc3ccccn13)cn2CC(O)CO. The van der Waals surface area contributed by atoms with E-state index in [0.29, 0.717) is 23.1 Å². The zero-order valence-electron chi connectivity index (χ0n) is 20.9. The first-order valence-electron chi connectivity index (χ1n) is 12.5. The van der Waals surface area contributed by atoms with E-state index in [-0.39, 0.29) is 18.7 Å². The normalized spacial score (nSPS) is 12.5. The highest BCUT2D eigenvalue weighted by Gasteiger charge is 2.23. The van der Waals surface area contributed by atoms with Crippen LogP contribution in [0.4, 0.5) is 0 Å². The Morgan fingerprint density at radius 3 is 2.63 bits per heavy atom. The molecule has 0 saturated carbocycles. The standard InChI is InChI=1S/C31H27N3O4/c1-19-7-6-10-25-28(19)21(16-33(25)17-22(36)18-35)15-26-30(32-27-11-4-5-14-34(26)27)24-13-12-20-8-2-3-9-23(20)29(24)31(37)38/h2-14,16,22,35-36H,15,17-18H2,1H3,(H,37,38). The molecule has 0 spiro atoms. The Kier molecular flexibility index (Phi) is 5.94. The molecule has 190 valence electrons. The molecule has 6 aromatic rings. The zero-order chi connectivity index (χ0) is 26.4. The van der Waals surface area contributed by atoms with E-state index < -0.39 is 12.1 Å². The van der Waals surface area contributed by atoms with Crippen LogP contribution < -0.4 is 0 Å². The van der Waals surface area contributed by atoms with Crippen molar-refractivity contribution in [3.05, 3.63) is 108 Å². The van der Waals surface area contributed by atoms with Crippen LogP contribution in [0.5, 0.6) is 0 Å². The highest BCUT2D eigenvalue weighted by molar-refractivity contribution is 6.09. The summed E-state index contributed by atoms with van der Waals surface area (Å²) in [5.41, 5.74) is 6.16. The minimum atomic E-state index is -0.995. The van der Waals surface area contributed by atoms with Crippen LogP contribution in [-0.2, 0) is 13.0 Å². The molecular formula is C31H27N3O4. The van der Waals surface area contributed by atoms with Crippen molar-refractivity contribution in [3.8, 4) is 11.3 Å². The lowest BCUT2D eigenvalue weighted by Crippen LogP contribution is -2.19. The molecule has 3 aromatic heterocycles. The number of aryl methyl sites for hydroxylation is 1. The van der Waals surface area contributed by atoms with Crippen LogP contribution >= 0.6 is 0 Å². The van der Waals surface area contributed by atoms with Crippen molar-refractivity contribution in [2.75, 3.05) is 6.61 Å². The van der Waals surface area contributed by atoms with Gasteiger partial charge in [-0.2, -0.15) is 0 Å². The van der Waals surface area contributed by atoms with Crippen molar-refractivity contribution in [2.24, 2.45) is 0 Å². The average Bonchev–Trinajstić information content (AvgIpc) is 3.47. The van der Waals surface area contributed by atoms with Crippen molar-refractivity contribution in [3.63, 3.8) is 0 Å². The number of pyridine rings is 1. The van der Waals surface area contributed by atoms with Gasteiger partial charge < -0.3 is 24.3 Å². The smallest absolute Gasteiger partial charge is 0.337 e. The highest BCUT2D eigenvalue weighted by atomic mass is 16.4. The van der Waals surface area contributed by atoms with Crippen LogP contribution in [0.2, 0.25) is 0 Å². The minimum absolute atomic E-state index is 0.234. The van der Waals surface area contributed by atoms with Gasteiger partial charge in [-0.05, 0) is 47.0 Å². The number of aliphatic hydroxyl groups is 2. The highest BCUT2D eigenvalue weighted by Crippen LogP contribution is 2.35. The molecule has 38 heavy (non-hydrogen) atoms. The van der Waals surface area contributed by atoms with E-state index in [1.165, 1.54) is 0 Å². The fraction of sp³-hybridized carbons (Fsp3) is 0.161. The number of imidazole rings is 1. The summed E-state index contributed by atoms with van der Waals surface area (Å²) in [6.45, 7) is 2.00. The first-order chi connectivity index (χ1) is 18.5. The first-order valence-corrected chi connectivity index (χ1v) is 12.5. The Morgan fingerprint density at radius 1 is 1.00 bits per heavy atom. The second-order valence-corrected chi connectivity index (χ2v) is 9.64. The lowest BCUT2D eigenvalue weighted by atomic mass is 9.94. The number of carboxylic acids is 1. The summed E-state index contributed by atoms with van der Waals surface area (Å²) >= 11 is 0. The largest absolute Gasteiger partial charge is 0.478 e. The van der Waals surface area contributed by atoms with Crippen LogP contribution in [0, 0.1) is 6.92 Å². The summed E-state index contributed by atoms with van der Waals surface area (Å²) < 4.78 is 3.99. The Morgan fingerprint density at radius 2 is 1.82 bits per heavy atom. The average molecular weight is 506 g/mol. The van der Waals surface area contributed by atoms with Gasteiger partial charge in [0.2, 0.25) is 0 Å². The van der Waals surface area contributed by atoms with Gasteiger partial charge in [0.1, 0.15) is 5.65 Å². The fourth-order valence-corrected chi connectivity index (χ4v) is 5.51. The number of aliphatic hydroxyl groups excluding tert-OH is 2. The van der Waals surface area contributed by atoms with Gasteiger partial charge in [0.25, 0.3) is 0 Å². The number of aromatic nitrogens is 3. The molecule has 7 nitrogen and oxygen atoms in total. The summed E-state index contributed by atoms with van der Waals surface area (Å²) in [7, 11) is 0. The monoisotopic (exact) mass is 505 g/mol. The van der Waals surface area contributed by atoms with Crippen molar-refractivity contribution < 1.29 is 20.1 Å². The van der Waals surface area contributed by atoms with Gasteiger partial charge in [-0.25, -0.2) is 9.78 Å². The molecular weight excluding hydrogens is 478 g/mol. The predicted octanol–water partition coefficient (Wildman–Crippen LogP) is 5.06. The molecule has 1 atom stereocenters. The number of fused-ring (bicyclic) bond motifs is 3. The summed E-state index contributed by atoms with van der Waals surface area (Å²) in [6, 6.07) is 23.1. The van der Waals surface area contributed by atoms with Gasteiger partial charge >= 0.3 is 5.97 Å². The summed E-state index contributed by atoms with van der Waals surface area (Å²) in [5, 5.41) is 32.5. The fourth-order valence-electron chi connectivity index (χ4n) is 5.51. The molecule has 0 radical (unpaired) electrons. The Labute approximate surface area is 218 Å². The molecule has 7 heteroatoms. The second kappa shape index (κ2) is 9.45. The Hall–Kier alpha value is -4.46. The van der Waals surface area contributed by atoms with E-state index in [9.17, 15) is 20.1 Å². The van der Waals surface area contributed by atoms with E-state index >= 15 is 0 Å². The number of hydrogen-bond donors (Lipinski definition) is 3. The predicted molar refractivity (Wildman–Crippen MR) is 148 cm³/mol. The minimum Gasteiger partial charge on any atom is -0.478 e. The zero-order valence-corrected chi connectivity index (χ0v) is 20.9. The van der Waals surface area contributed by atoms with Crippen LogP contribution in [0.3, 0.4) is 0 Å². The number of carboxylic acid groups (broad SMARTS) is 1. The molecule has 3 N–H and O–H groups in total. The topological polar surface area (TPSA) is 100.0 Å². The lowest BCUT2D eigenvalue weighted by molar-refractivity contribution is 0.0699. The van der Waals surface area contributed by atoms with Crippen molar-refractivity contribution in [1.82, 2.24) is 14.0 Å². The molecule has 0 bridgehead atoms. The molecule has 0 aliphatic carbocycles. The van der Waals surface area contributed by atoms with Gasteiger partial charge in [0.15, 0.2) is 0 Å². The number of benzene rings is 3.